The van der Waals surface area contributed by atoms with Crippen LogP contribution >= 0.6 is 23.2 Å². The quantitative estimate of drug-likeness (QED) is 0.512. The Morgan fingerprint density at radius 2 is 1.88 bits per heavy atom. The van der Waals surface area contributed by atoms with Crippen molar-refractivity contribution in [1.29, 1.82) is 0 Å². The molecule has 4 heterocycles. The molecule has 0 amide bonds. The van der Waals surface area contributed by atoms with Crippen molar-refractivity contribution in [1.82, 2.24) is 24.6 Å². The number of rotatable bonds is 6. The van der Waals surface area contributed by atoms with Gasteiger partial charge in [0.15, 0.2) is 5.15 Å². The van der Waals surface area contributed by atoms with E-state index in [1.165, 1.54) is 24.8 Å². The Morgan fingerprint density at radius 3 is 2.58 bits per heavy atom. The molecular formula is C24H28Cl2N6O. The molecule has 3 aromatic rings. The summed E-state index contributed by atoms with van der Waals surface area (Å²) in [5.41, 5.74) is 2.81. The van der Waals surface area contributed by atoms with Gasteiger partial charge >= 0.3 is 0 Å². The summed E-state index contributed by atoms with van der Waals surface area (Å²) in [5.74, 6) is 1.65. The molecule has 1 N–H and O–H groups in total. The van der Waals surface area contributed by atoms with E-state index in [-0.39, 0.29) is 0 Å². The fourth-order valence-electron chi connectivity index (χ4n) is 5.07. The molecule has 6 rings (SSSR count). The Labute approximate surface area is 203 Å². The second kappa shape index (κ2) is 9.02. The number of piperidine rings is 1. The fourth-order valence-corrected chi connectivity index (χ4v) is 5.61. The maximum atomic E-state index is 6.69. The second-order valence-corrected chi connectivity index (χ2v) is 10.3. The highest BCUT2D eigenvalue weighted by molar-refractivity contribution is 6.32. The van der Waals surface area contributed by atoms with Crippen molar-refractivity contribution in [3.8, 4) is 0 Å². The molecule has 33 heavy (non-hydrogen) atoms. The number of fused-ring (bicyclic) bond motifs is 1. The molecule has 7 nitrogen and oxygen atoms in total. The van der Waals surface area contributed by atoms with Crippen molar-refractivity contribution < 1.29 is 4.74 Å². The summed E-state index contributed by atoms with van der Waals surface area (Å²) in [6, 6.07) is 4.73. The highest BCUT2D eigenvalue weighted by atomic mass is 35.5. The van der Waals surface area contributed by atoms with Crippen molar-refractivity contribution in [2.75, 3.05) is 31.6 Å². The highest BCUT2D eigenvalue weighted by Gasteiger charge is 2.30. The van der Waals surface area contributed by atoms with Crippen LogP contribution in [0.3, 0.4) is 0 Å². The first-order chi connectivity index (χ1) is 16.1. The summed E-state index contributed by atoms with van der Waals surface area (Å²) in [7, 11) is 0. The molecule has 1 aromatic carbocycles. The van der Waals surface area contributed by atoms with Gasteiger partial charge in [0.05, 0.1) is 36.7 Å². The van der Waals surface area contributed by atoms with E-state index >= 15 is 0 Å². The Balaban J connectivity index is 1.19. The molecule has 1 saturated carbocycles. The van der Waals surface area contributed by atoms with E-state index < -0.39 is 0 Å². The van der Waals surface area contributed by atoms with Crippen LogP contribution in [0.5, 0.6) is 0 Å². The molecule has 9 heteroatoms. The lowest BCUT2D eigenvalue weighted by Gasteiger charge is -2.41. The third kappa shape index (κ3) is 4.32. The number of hydrogen-bond acceptors (Lipinski definition) is 6. The van der Waals surface area contributed by atoms with Crippen LogP contribution in [0, 0.1) is 5.92 Å². The number of likely N-dealkylation sites (tertiary alicyclic amines) is 1. The van der Waals surface area contributed by atoms with E-state index in [1.54, 1.807) is 6.20 Å². The third-order valence-electron chi connectivity index (χ3n) is 7.48. The van der Waals surface area contributed by atoms with Gasteiger partial charge in [0.25, 0.3) is 0 Å². The topological polar surface area (TPSA) is 68.1 Å². The van der Waals surface area contributed by atoms with Gasteiger partial charge < -0.3 is 10.1 Å². The minimum atomic E-state index is 0.449. The van der Waals surface area contributed by atoms with Gasteiger partial charge in [0.1, 0.15) is 0 Å². The number of nitrogens with one attached hydrogen (secondary N) is 1. The first kappa shape index (κ1) is 21.6. The molecule has 0 spiro atoms. The fraction of sp³-hybridized carbons (Fsp3) is 0.542. The molecule has 0 bridgehead atoms. The van der Waals surface area contributed by atoms with Gasteiger partial charge in [-0.1, -0.05) is 29.6 Å². The zero-order valence-electron chi connectivity index (χ0n) is 18.5. The predicted octanol–water partition coefficient (Wildman–Crippen LogP) is 5.26. The van der Waals surface area contributed by atoms with Crippen molar-refractivity contribution in [3.63, 3.8) is 0 Å². The minimum absolute atomic E-state index is 0.449. The number of nitrogens with zero attached hydrogens (tertiary/aromatic N) is 5. The molecular weight excluding hydrogens is 459 g/mol. The molecule has 1 aliphatic carbocycles. The van der Waals surface area contributed by atoms with E-state index in [4.69, 9.17) is 32.9 Å². The van der Waals surface area contributed by atoms with Gasteiger partial charge in [-0.05, 0) is 68.3 Å². The SMILES string of the molecule is Clc1cc2cnc(Nc3cnn(CC4CCC4)c3Cl)nc2cc1C1CCN(C2COC2)CC1. The summed E-state index contributed by atoms with van der Waals surface area (Å²) >= 11 is 13.3. The smallest absolute Gasteiger partial charge is 0.227 e. The van der Waals surface area contributed by atoms with Crippen molar-refractivity contribution in [2.24, 2.45) is 5.92 Å². The van der Waals surface area contributed by atoms with E-state index in [9.17, 15) is 0 Å². The molecule has 174 valence electrons. The van der Waals surface area contributed by atoms with Crippen LogP contribution in [0.2, 0.25) is 10.2 Å². The van der Waals surface area contributed by atoms with Crippen LogP contribution < -0.4 is 5.32 Å². The predicted molar refractivity (Wildman–Crippen MR) is 131 cm³/mol. The zero-order chi connectivity index (χ0) is 22.4. The first-order valence-electron chi connectivity index (χ1n) is 11.9. The molecule has 3 fully saturated rings. The van der Waals surface area contributed by atoms with Crippen LogP contribution in [-0.4, -0.2) is 57.0 Å². The van der Waals surface area contributed by atoms with Gasteiger partial charge in [0, 0.05) is 23.2 Å². The number of ether oxygens (including phenoxy) is 1. The summed E-state index contributed by atoms with van der Waals surface area (Å²) in [6.07, 6.45) is 9.59. The minimum Gasteiger partial charge on any atom is -0.378 e. The largest absolute Gasteiger partial charge is 0.378 e. The van der Waals surface area contributed by atoms with Crippen molar-refractivity contribution in [2.45, 2.75) is 50.6 Å². The van der Waals surface area contributed by atoms with Gasteiger partial charge in [-0.2, -0.15) is 5.10 Å². The Hall–Kier alpha value is -1.93. The van der Waals surface area contributed by atoms with Gasteiger partial charge in [0.2, 0.25) is 5.95 Å². The second-order valence-electron chi connectivity index (χ2n) is 9.58. The van der Waals surface area contributed by atoms with Crippen LogP contribution in [0.4, 0.5) is 11.6 Å². The monoisotopic (exact) mass is 486 g/mol. The van der Waals surface area contributed by atoms with E-state index in [0.717, 1.165) is 67.3 Å². The normalized spacial score (nSPS) is 20.7. The van der Waals surface area contributed by atoms with Gasteiger partial charge in [-0.15, -0.1) is 0 Å². The molecule has 0 atom stereocenters. The van der Waals surface area contributed by atoms with Crippen LogP contribution in [0.15, 0.2) is 24.5 Å². The van der Waals surface area contributed by atoms with Crippen molar-refractivity contribution >= 4 is 45.7 Å². The molecule has 2 aliphatic heterocycles. The van der Waals surface area contributed by atoms with Crippen LogP contribution in [-0.2, 0) is 11.3 Å². The number of halogens is 2. The van der Waals surface area contributed by atoms with Gasteiger partial charge in [-0.3, -0.25) is 9.58 Å². The lowest BCUT2D eigenvalue weighted by molar-refractivity contribution is -0.0712. The molecule has 0 radical (unpaired) electrons. The lowest BCUT2D eigenvalue weighted by atomic mass is 9.85. The van der Waals surface area contributed by atoms with Crippen LogP contribution in [0.25, 0.3) is 10.9 Å². The Morgan fingerprint density at radius 1 is 1.06 bits per heavy atom. The number of aromatic nitrogens is 4. The summed E-state index contributed by atoms with van der Waals surface area (Å²) in [6.45, 7) is 4.79. The van der Waals surface area contributed by atoms with Gasteiger partial charge in [-0.25, -0.2) is 9.97 Å². The summed E-state index contributed by atoms with van der Waals surface area (Å²) in [5, 5.41) is 10.0. The molecule has 2 saturated heterocycles. The lowest BCUT2D eigenvalue weighted by Crippen LogP contribution is -2.51. The first-order valence-corrected chi connectivity index (χ1v) is 12.7. The van der Waals surface area contributed by atoms with E-state index in [1.807, 2.05) is 16.9 Å². The molecule has 2 aromatic heterocycles. The average molecular weight is 487 g/mol. The zero-order valence-corrected chi connectivity index (χ0v) is 20.0. The Bertz CT molecular complexity index is 1150. The Kier molecular flexibility index (Phi) is 5.90. The standard InChI is InChI=1S/C24H28Cl2N6O/c25-20-8-17-10-27-24(30-22-11-28-32(23(22)26)12-15-2-1-3-15)29-21(17)9-19(20)16-4-6-31(7-5-16)18-13-33-14-18/h8-11,15-16,18H,1-7,12-14H2,(H,27,29,30). The number of anilines is 2. The summed E-state index contributed by atoms with van der Waals surface area (Å²) < 4.78 is 7.23. The summed E-state index contributed by atoms with van der Waals surface area (Å²) in [4.78, 5) is 11.8. The maximum Gasteiger partial charge on any atom is 0.227 e. The van der Waals surface area contributed by atoms with E-state index in [2.05, 4.69) is 26.4 Å². The van der Waals surface area contributed by atoms with Crippen LogP contribution in [0.1, 0.15) is 43.6 Å². The molecule has 3 aliphatic rings. The maximum absolute atomic E-state index is 6.69. The third-order valence-corrected chi connectivity index (χ3v) is 8.21. The molecule has 0 unspecified atom stereocenters. The number of benzene rings is 1. The number of hydrogen-bond donors (Lipinski definition) is 1. The van der Waals surface area contributed by atoms with Crippen molar-refractivity contribution in [3.05, 3.63) is 40.3 Å². The highest BCUT2D eigenvalue weighted by Crippen LogP contribution is 2.36. The van der Waals surface area contributed by atoms with E-state index in [0.29, 0.717) is 29.0 Å². The average Bonchev–Trinajstić information content (AvgIpc) is 3.09.